The van der Waals surface area contributed by atoms with Crippen molar-refractivity contribution in [3.05, 3.63) is 0 Å². The zero-order chi connectivity index (χ0) is 11.8. The lowest BCUT2D eigenvalue weighted by molar-refractivity contribution is -0.122. The Morgan fingerprint density at radius 3 is 2.69 bits per heavy atom. The highest BCUT2D eigenvalue weighted by Crippen LogP contribution is 2.25. The molecule has 1 aliphatic rings. The standard InChI is InChI=1S/C13H25NO2/c1-11(7-8-15)10-14-13(16)9-12-5-3-2-4-6-12/h11-12,15H,2-10H2,1H3,(H,14,16). The van der Waals surface area contributed by atoms with E-state index in [0.717, 1.165) is 6.42 Å². The van der Waals surface area contributed by atoms with Crippen molar-refractivity contribution in [1.29, 1.82) is 0 Å². The predicted molar refractivity (Wildman–Crippen MR) is 65.1 cm³/mol. The molecule has 0 aromatic carbocycles. The third kappa shape index (κ3) is 5.50. The Kier molecular flexibility index (Phi) is 6.46. The van der Waals surface area contributed by atoms with E-state index in [-0.39, 0.29) is 12.5 Å². The van der Waals surface area contributed by atoms with Crippen molar-refractivity contribution in [1.82, 2.24) is 5.32 Å². The summed E-state index contributed by atoms with van der Waals surface area (Å²) in [5.41, 5.74) is 0. The second kappa shape index (κ2) is 7.66. The van der Waals surface area contributed by atoms with Gasteiger partial charge in [0.15, 0.2) is 0 Å². The van der Waals surface area contributed by atoms with Crippen molar-refractivity contribution in [2.45, 2.75) is 51.9 Å². The lowest BCUT2D eigenvalue weighted by atomic mass is 9.87. The van der Waals surface area contributed by atoms with Crippen molar-refractivity contribution in [3.63, 3.8) is 0 Å². The van der Waals surface area contributed by atoms with Gasteiger partial charge in [0.1, 0.15) is 0 Å². The van der Waals surface area contributed by atoms with E-state index >= 15 is 0 Å². The molecule has 16 heavy (non-hydrogen) atoms. The van der Waals surface area contributed by atoms with Crippen LogP contribution in [0.3, 0.4) is 0 Å². The molecule has 1 unspecified atom stereocenters. The topological polar surface area (TPSA) is 49.3 Å². The van der Waals surface area contributed by atoms with Crippen LogP contribution in [0.4, 0.5) is 0 Å². The summed E-state index contributed by atoms with van der Waals surface area (Å²) in [6, 6.07) is 0. The Hall–Kier alpha value is -0.570. The zero-order valence-electron chi connectivity index (χ0n) is 10.4. The predicted octanol–water partition coefficient (Wildman–Crippen LogP) is 2.09. The van der Waals surface area contributed by atoms with Gasteiger partial charge in [0.05, 0.1) is 0 Å². The number of hydrogen-bond donors (Lipinski definition) is 2. The van der Waals surface area contributed by atoms with Gasteiger partial charge in [-0.05, 0) is 31.1 Å². The smallest absolute Gasteiger partial charge is 0.220 e. The average molecular weight is 227 g/mol. The fourth-order valence-electron chi connectivity index (χ4n) is 2.34. The first-order chi connectivity index (χ1) is 7.72. The third-order valence-electron chi connectivity index (χ3n) is 3.47. The molecule has 0 aromatic rings. The first-order valence-electron chi connectivity index (χ1n) is 6.60. The minimum atomic E-state index is 0.191. The maximum absolute atomic E-state index is 11.6. The Labute approximate surface area is 98.6 Å². The van der Waals surface area contributed by atoms with Gasteiger partial charge in [0.25, 0.3) is 0 Å². The minimum Gasteiger partial charge on any atom is -0.396 e. The van der Waals surface area contributed by atoms with Crippen molar-refractivity contribution < 1.29 is 9.90 Å². The van der Waals surface area contributed by atoms with Crippen molar-refractivity contribution in [2.24, 2.45) is 11.8 Å². The molecule has 0 heterocycles. The van der Waals surface area contributed by atoms with Crippen LogP contribution in [0.1, 0.15) is 51.9 Å². The Balaban J connectivity index is 2.10. The summed E-state index contributed by atoms with van der Waals surface area (Å²) in [4.78, 5) is 11.6. The van der Waals surface area contributed by atoms with Gasteiger partial charge in [0, 0.05) is 19.6 Å². The van der Waals surface area contributed by atoms with Gasteiger partial charge in [-0.1, -0.05) is 26.2 Å². The number of carbonyl (C=O) groups excluding carboxylic acids is 1. The van der Waals surface area contributed by atoms with Crippen LogP contribution in [0.25, 0.3) is 0 Å². The summed E-state index contributed by atoms with van der Waals surface area (Å²) in [6.45, 7) is 2.96. The maximum Gasteiger partial charge on any atom is 0.220 e. The molecule has 0 bridgehead atoms. The number of hydrogen-bond acceptors (Lipinski definition) is 2. The normalized spacial score (nSPS) is 19.4. The van der Waals surface area contributed by atoms with Crippen molar-refractivity contribution in [3.8, 4) is 0 Å². The second-order valence-electron chi connectivity index (χ2n) is 5.13. The summed E-state index contributed by atoms with van der Waals surface area (Å²) in [7, 11) is 0. The van der Waals surface area contributed by atoms with E-state index in [0.29, 0.717) is 24.8 Å². The van der Waals surface area contributed by atoms with Crippen LogP contribution >= 0.6 is 0 Å². The first-order valence-corrected chi connectivity index (χ1v) is 6.60. The van der Waals surface area contributed by atoms with E-state index in [1.54, 1.807) is 0 Å². The molecule has 1 saturated carbocycles. The number of rotatable bonds is 6. The molecule has 3 nitrogen and oxygen atoms in total. The van der Waals surface area contributed by atoms with Crippen LogP contribution in [0.15, 0.2) is 0 Å². The van der Waals surface area contributed by atoms with Crippen molar-refractivity contribution >= 4 is 5.91 Å². The minimum absolute atomic E-state index is 0.191. The van der Waals surface area contributed by atoms with Crippen molar-refractivity contribution in [2.75, 3.05) is 13.2 Å². The molecule has 94 valence electrons. The summed E-state index contributed by atoms with van der Waals surface area (Å²) in [5, 5.41) is 11.7. The molecular weight excluding hydrogens is 202 g/mol. The second-order valence-corrected chi connectivity index (χ2v) is 5.13. The highest BCUT2D eigenvalue weighted by Gasteiger charge is 2.16. The van der Waals surface area contributed by atoms with E-state index in [9.17, 15) is 4.79 Å². The molecule has 1 rings (SSSR count). The fourth-order valence-corrected chi connectivity index (χ4v) is 2.34. The molecular formula is C13H25NO2. The van der Waals surface area contributed by atoms with Gasteiger partial charge < -0.3 is 10.4 Å². The van der Waals surface area contributed by atoms with Gasteiger partial charge in [0.2, 0.25) is 5.91 Å². The van der Waals surface area contributed by atoms with Crippen LogP contribution in [0.5, 0.6) is 0 Å². The summed E-state index contributed by atoms with van der Waals surface area (Å²) < 4.78 is 0. The fraction of sp³-hybridized carbons (Fsp3) is 0.923. The number of carbonyl (C=O) groups is 1. The number of nitrogens with one attached hydrogen (secondary N) is 1. The zero-order valence-corrected chi connectivity index (χ0v) is 10.4. The Bertz CT molecular complexity index is 200. The van der Waals surface area contributed by atoms with Crippen LogP contribution in [-0.2, 0) is 4.79 Å². The molecule has 1 aliphatic carbocycles. The van der Waals surface area contributed by atoms with Gasteiger partial charge in [-0.15, -0.1) is 0 Å². The van der Waals surface area contributed by atoms with E-state index in [1.807, 2.05) is 0 Å². The molecule has 2 N–H and O–H groups in total. The molecule has 0 spiro atoms. The lowest BCUT2D eigenvalue weighted by Crippen LogP contribution is -2.30. The number of aliphatic hydroxyl groups is 1. The molecule has 0 saturated heterocycles. The van der Waals surface area contributed by atoms with Crippen LogP contribution < -0.4 is 5.32 Å². The van der Waals surface area contributed by atoms with E-state index < -0.39 is 0 Å². The molecule has 0 aliphatic heterocycles. The van der Waals surface area contributed by atoms with Gasteiger partial charge in [-0.2, -0.15) is 0 Å². The first kappa shape index (κ1) is 13.5. The molecule has 1 atom stereocenters. The Morgan fingerprint density at radius 1 is 1.38 bits per heavy atom. The summed E-state index contributed by atoms with van der Waals surface area (Å²) in [5.74, 6) is 1.18. The molecule has 1 fully saturated rings. The summed E-state index contributed by atoms with van der Waals surface area (Å²) in [6.07, 6.45) is 7.83. The van der Waals surface area contributed by atoms with E-state index in [4.69, 9.17) is 5.11 Å². The maximum atomic E-state index is 11.6. The van der Waals surface area contributed by atoms with Gasteiger partial charge in [-0.3, -0.25) is 4.79 Å². The van der Waals surface area contributed by atoms with E-state index in [2.05, 4.69) is 12.2 Å². The highest BCUT2D eigenvalue weighted by atomic mass is 16.3. The van der Waals surface area contributed by atoms with Crippen LogP contribution in [0, 0.1) is 11.8 Å². The third-order valence-corrected chi connectivity index (χ3v) is 3.47. The number of amides is 1. The monoisotopic (exact) mass is 227 g/mol. The van der Waals surface area contributed by atoms with E-state index in [1.165, 1.54) is 32.1 Å². The molecule has 3 heteroatoms. The quantitative estimate of drug-likeness (QED) is 0.730. The Morgan fingerprint density at radius 2 is 2.06 bits per heavy atom. The van der Waals surface area contributed by atoms with Gasteiger partial charge >= 0.3 is 0 Å². The van der Waals surface area contributed by atoms with Gasteiger partial charge in [-0.25, -0.2) is 0 Å². The molecule has 0 radical (unpaired) electrons. The highest BCUT2D eigenvalue weighted by molar-refractivity contribution is 5.76. The average Bonchev–Trinajstić information content (AvgIpc) is 2.28. The lowest BCUT2D eigenvalue weighted by Gasteiger charge is -2.21. The number of aliphatic hydroxyl groups excluding tert-OH is 1. The molecule has 1 amide bonds. The van der Waals surface area contributed by atoms with Crippen LogP contribution in [0.2, 0.25) is 0 Å². The molecule has 0 aromatic heterocycles. The largest absolute Gasteiger partial charge is 0.396 e. The summed E-state index contributed by atoms with van der Waals surface area (Å²) >= 11 is 0. The SMILES string of the molecule is CC(CCO)CNC(=O)CC1CCCCC1. The van der Waals surface area contributed by atoms with Crippen LogP contribution in [-0.4, -0.2) is 24.2 Å².